The molecule has 0 amide bonds. The number of esters is 1. The van der Waals surface area contributed by atoms with Crippen molar-refractivity contribution in [2.45, 2.75) is 57.5 Å². The second kappa shape index (κ2) is 7.43. The molecule has 2 aliphatic rings. The summed E-state index contributed by atoms with van der Waals surface area (Å²) in [6.45, 7) is 3.78. The first-order valence-corrected chi connectivity index (χ1v) is 9.46. The molecule has 0 aromatic carbocycles. The Morgan fingerprint density at radius 3 is 2.65 bits per heavy atom. The molecule has 1 aliphatic heterocycles. The number of hydrogen-bond acceptors (Lipinski definition) is 7. The molecule has 7 heteroatoms. The number of carbonyl (C=O) groups excluding carboxylic acids is 1. The number of pyridine rings is 1. The van der Waals surface area contributed by atoms with Crippen molar-refractivity contribution in [3.63, 3.8) is 0 Å². The molecule has 7 nitrogen and oxygen atoms in total. The first-order valence-electron chi connectivity index (χ1n) is 9.46. The van der Waals surface area contributed by atoms with Gasteiger partial charge in [-0.15, -0.1) is 0 Å². The van der Waals surface area contributed by atoms with Gasteiger partial charge in [0.15, 0.2) is 11.9 Å². The lowest BCUT2D eigenvalue weighted by atomic mass is 10.2. The van der Waals surface area contributed by atoms with Crippen LogP contribution in [-0.2, 0) is 4.74 Å². The van der Waals surface area contributed by atoms with Crippen LogP contribution in [0.2, 0.25) is 0 Å². The fraction of sp³-hybridized carbons (Fsp3) is 0.579. The average molecular weight is 356 g/mol. The summed E-state index contributed by atoms with van der Waals surface area (Å²) in [6, 6.07) is 3.66. The lowest BCUT2D eigenvalue weighted by Crippen LogP contribution is -2.24. The van der Waals surface area contributed by atoms with E-state index in [1.807, 2.05) is 6.07 Å². The van der Waals surface area contributed by atoms with Crippen molar-refractivity contribution in [1.29, 1.82) is 0 Å². The van der Waals surface area contributed by atoms with E-state index in [2.05, 4.69) is 20.0 Å². The van der Waals surface area contributed by atoms with Gasteiger partial charge in [-0.05, 0) is 44.7 Å². The van der Waals surface area contributed by atoms with Crippen LogP contribution in [0, 0.1) is 0 Å². The fourth-order valence-corrected chi connectivity index (χ4v) is 3.19. The Morgan fingerprint density at radius 2 is 2.00 bits per heavy atom. The van der Waals surface area contributed by atoms with E-state index >= 15 is 0 Å². The van der Waals surface area contributed by atoms with Crippen molar-refractivity contribution in [2.24, 2.45) is 0 Å². The van der Waals surface area contributed by atoms with Gasteiger partial charge in [0, 0.05) is 25.2 Å². The van der Waals surface area contributed by atoms with Gasteiger partial charge in [-0.2, -0.15) is 4.98 Å². The highest BCUT2D eigenvalue weighted by Gasteiger charge is 2.30. The summed E-state index contributed by atoms with van der Waals surface area (Å²) in [7, 11) is 0. The third-order valence-electron chi connectivity index (χ3n) is 4.95. The standard InChI is InChI=1S/C19H24N4O3/c1-13(18-21-17(22-26-18)14-6-7-14)25-19(24)15-8-9-16(20-12-15)23-10-4-2-3-5-11-23/h8-9,12-14H,2-7,10-11H2,1H3/t13-/m1/s1. The summed E-state index contributed by atoms with van der Waals surface area (Å²) in [5.41, 5.74) is 0.428. The first kappa shape index (κ1) is 17.0. The van der Waals surface area contributed by atoms with Crippen LogP contribution in [0.25, 0.3) is 0 Å². The maximum Gasteiger partial charge on any atom is 0.340 e. The van der Waals surface area contributed by atoms with Crippen LogP contribution in [0.3, 0.4) is 0 Å². The van der Waals surface area contributed by atoms with Gasteiger partial charge >= 0.3 is 5.97 Å². The van der Waals surface area contributed by atoms with Crippen molar-refractivity contribution >= 4 is 11.8 Å². The predicted octanol–water partition coefficient (Wildman–Crippen LogP) is 3.64. The van der Waals surface area contributed by atoms with Gasteiger partial charge in [0.25, 0.3) is 5.89 Å². The molecule has 138 valence electrons. The summed E-state index contributed by atoms with van der Waals surface area (Å²) < 4.78 is 10.7. The zero-order valence-electron chi connectivity index (χ0n) is 15.1. The van der Waals surface area contributed by atoms with Crippen molar-refractivity contribution in [3.05, 3.63) is 35.6 Å². The largest absolute Gasteiger partial charge is 0.449 e. The second-order valence-corrected chi connectivity index (χ2v) is 7.12. The van der Waals surface area contributed by atoms with Crippen molar-refractivity contribution in [2.75, 3.05) is 18.0 Å². The van der Waals surface area contributed by atoms with Crippen LogP contribution >= 0.6 is 0 Å². The number of ether oxygens (including phenoxy) is 1. The highest BCUT2D eigenvalue weighted by atomic mass is 16.6. The number of nitrogens with zero attached hydrogens (tertiary/aromatic N) is 4. The SMILES string of the molecule is C[C@@H](OC(=O)c1ccc(N2CCCCCC2)nc1)c1nc(C2CC2)no1. The van der Waals surface area contributed by atoms with E-state index in [1.54, 1.807) is 19.2 Å². The topological polar surface area (TPSA) is 81.4 Å². The van der Waals surface area contributed by atoms with E-state index in [0.717, 1.165) is 31.7 Å². The number of aromatic nitrogens is 3. The zero-order chi connectivity index (χ0) is 17.9. The third kappa shape index (κ3) is 3.86. The molecule has 3 heterocycles. The Kier molecular flexibility index (Phi) is 4.86. The minimum atomic E-state index is -0.576. The van der Waals surface area contributed by atoms with Crippen LogP contribution in [0.5, 0.6) is 0 Å². The van der Waals surface area contributed by atoms with E-state index in [0.29, 0.717) is 23.2 Å². The van der Waals surface area contributed by atoms with Crippen LogP contribution in [0.1, 0.15) is 79.5 Å². The summed E-state index contributed by atoms with van der Waals surface area (Å²) >= 11 is 0. The maximum atomic E-state index is 12.4. The Labute approximate surface area is 152 Å². The number of hydrogen-bond donors (Lipinski definition) is 0. The first-order chi connectivity index (χ1) is 12.7. The monoisotopic (exact) mass is 356 g/mol. The molecule has 0 spiro atoms. The minimum absolute atomic E-state index is 0.342. The predicted molar refractivity (Wildman–Crippen MR) is 95.0 cm³/mol. The van der Waals surface area contributed by atoms with Crippen molar-refractivity contribution in [1.82, 2.24) is 15.1 Å². The smallest absolute Gasteiger partial charge is 0.340 e. The van der Waals surface area contributed by atoms with Gasteiger partial charge in [-0.25, -0.2) is 9.78 Å². The Hall–Kier alpha value is -2.44. The lowest BCUT2D eigenvalue weighted by Gasteiger charge is -2.21. The molecular weight excluding hydrogens is 332 g/mol. The van der Waals surface area contributed by atoms with E-state index in [1.165, 1.54) is 25.7 Å². The molecule has 2 aromatic rings. The van der Waals surface area contributed by atoms with Gasteiger partial charge in [-0.1, -0.05) is 18.0 Å². The molecule has 2 fully saturated rings. The summed E-state index contributed by atoms with van der Waals surface area (Å²) in [6.07, 6.45) is 8.14. The molecule has 1 atom stereocenters. The minimum Gasteiger partial charge on any atom is -0.449 e. The Balaban J connectivity index is 1.37. The zero-order valence-corrected chi connectivity index (χ0v) is 15.1. The van der Waals surface area contributed by atoms with E-state index < -0.39 is 12.1 Å². The van der Waals surface area contributed by atoms with Crippen molar-refractivity contribution < 1.29 is 14.1 Å². The molecule has 26 heavy (non-hydrogen) atoms. The maximum absolute atomic E-state index is 12.4. The second-order valence-electron chi connectivity index (χ2n) is 7.12. The van der Waals surface area contributed by atoms with E-state index in [-0.39, 0.29) is 0 Å². The highest BCUT2D eigenvalue weighted by molar-refractivity contribution is 5.89. The summed E-state index contributed by atoms with van der Waals surface area (Å²) in [4.78, 5) is 23.4. The van der Waals surface area contributed by atoms with Gasteiger partial charge < -0.3 is 14.2 Å². The van der Waals surface area contributed by atoms with E-state index in [4.69, 9.17) is 9.26 Å². The van der Waals surface area contributed by atoms with Crippen LogP contribution < -0.4 is 4.90 Å². The number of rotatable bonds is 5. The molecule has 1 saturated heterocycles. The molecule has 0 unspecified atom stereocenters. The van der Waals surface area contributed by atoms with Crippen LogP contribution in [0.15, 0.2) is 22.9 Å². The van der Waals surface area contributed by atoms with Gasteiger partial charge in [0.2, 0.25) is 0 Å². The number of anilines is 1. The highest BCUT2D eigenvalue weighted by Crippen LogP contribution is 2.38. The molecule has 1 aliphatic carbocycles. The summed E-state index contributed by atoms with van der Waals surface area (Å²) in [5.74, 6) is 1.95. The normalized spacial score (nSPS) is 19.0. The quantitative estimate of drug-likeness (QED) is 0.756. The van der Waals surface area contributed by atoms with Gasteiger partial charge in [-0.3, -0.25) is 0 Å². The Morgan fingerprint density at radius 1 is 1.23 bits per heavy atom. The van der Waals surface area contributed by atoms with Gasteiger partial charge in [0.1, 0.15) is 5.82 Å². The van der Waals surface area contributed by atoms with Crippen LogP contribution in [0.4, 0.5) is 5.82 Å². The third-order valence-corrected chi connectivity index (χ3v) is 4.95. The average Bonchev–Trinajstić information content (AvgIpc) is 3.45. The molecule has 2 aromatic heterocycles. The van der Waals surface area contributed by atoms with E-state index in [9.17, 15) is 4.79 Å². The lowest BCUT2D eigenvalue weighted by molar-refractivity contribution is 0.0265. The Bertz CT molecular complexity index is 746. The molecular formula is C19H24N4O3. The molecule has 1 saturated carbocycles. The summed E-state index contributed by atoms with van der Waals surface area (Å²) in [5, 5.41) is 3.96. The fourth-order valence-electron chi connectivity index (χ4n) is 3.19. The molecule has 4 rings (SSSR count). The number of carbonyl (C=O) groups is 1. The van der Waals surface area contributed by atoms with Gasteiger partial charge in [0.05, 0.1) is 5.56 Å². The molecule has 0 N–H and O–H groups in total. The van der Waals surface area contributed by atoms with Crippen molar-refractivity contribution in [3.8, 4) is 0 Å². The molecule has 0 bridgehead atoms. The molecule has 0 radical (unpaired) electrons. The van der Waals surface area contributed by atoms with Crippen LogP contribution in [-0.4, -0.2) is 34.2 Å².